The summed E-state index contributed by atoms with van der Waals surface area (Å²) in [4.78, 5) is 12.0. The molecule has 6 nitrogen and oxygen atoms in total. The molecule has 0 radical (unpaired) electrons. The number of aromatic amines is 1. The molecule has 11 heteroatoms. The normalized spacial score (nSPS) is 21.8. The van der Waals surface area contributed by atoms with E-state index in [0.717, 1.165) is 30.3 Å². The molecule has 0 saturated carbocycles. The molecule has 1 saturated heterocycles. The average molecular weight is 423 g/mol. The van der Waals surface area contributed by atoms with Crippen LogP contribution >= 0.6 is 0 Å². The number of hydrogen-bond donors (Lipinski definition) is 3. The van der Waals surface area contributed by atoms with E-state index in [9.17, 15) is 37.0 Å². The lowest BCUT2D eigenvalue weighted by Crippen LogP contribution is -2.47. The van der Waals surface area contributed by atoms with Crippen molar-refractivity contribution in [3.63, 3.8) is 0 Å². The monoisotopic (exact) mass is 423 g/mol. The van der Waals surface area contributed by atoms with Gasteiger partial charge in [-0.05, 0) is 24.6 Å². The summed E-state index contributed by atoms with van der Waals surface area (Å²) in [7, 11) is 0. The molecule has 3 N–H and O–H groups in total. The van der Waals surface area contributed by atoms with Gasteiger partial charge in [0.25, 0.3) is 0 Å². The molecule has 1 aromatic heterocycles. The van der Waals surface area contributed by atoms with E-state index in [4.69, 9.17) is 9.47 Å². The SMILES string of the molecule is O=c1cccc(C(F)(F)F)[nH]1.OC1CCOC(COc2ccc(F)c(F)c2)C1O. The highest BCUT2D eigenvalue weighted by Crippen LogP contribution is 2.26. The van der Waals surface area contributed by atoms with Crippen LogP contribution in [0, 0.1) is 11.6 Å². The molecule has 0 amide bonds. The van der Waals surface area contributed by atoms with Crippen molar-refractivity contribution >= 4 is 0 Å². The summed E-state index contributed by atoms with van der Waals surface area (Å²) < 4.78 is 71.4. The van der Waals surface area contributed by atoms with Crippen molar-refractivity contribution in [3.05, 3.63) is 64.1 Å². The molecule has 1 aliphatic rings. The Labute approximate surface area is 161 Å². The van der Waals surface area contributed by atoms with E-state index in [1.54, 1.807) is 4.98 Å². The van der Waals surface area contributed by atoms with E-state index in [-0.39, 0.29) is 12.4 Å². The molecule has 3 unspecified atom stereocenters. The largest absolute Gasteiger partial charge is 0.491 e. The fourth-order valence-electron chi connectivity index (χ4n) is 2.36. The molecule has 1 aliphatic heterocycles. The van der Waals surface area contributed by atoms with E-state index < -0.39 is 47.4 Å². The second kappa shape index (κ2) is 9.81. The molecule has 2 aromatic rings. The van der Waals surface area contributed by atoms with Gasteiger partial charge in [0.05, 0.1) is 6.10 Å². The zero-order chi connectivity index (χ0) is 21.6. The first-order valence-corrected chi connectivity index (χ1v) is 8.40. The molecule has 1 fully saturated rings. The Hall–Kier alpha value is -2.50. The van der Waals surface area contributed by atoms with Crippen LogP contribution in [0.3, 0.4) is 0 Å². The first-order valence-electron chi connectivity index (χ1n) is 8.40. The number of aliphatic hydroxyl groups is 2. The lowest BCUT2D eigenvalue weighted by Gasteiger charge is -2.31. The average Bonchev–Trinajstić information content (AvgIpc) is 2.65. The van der Waals surface area contributed by atoms with Crippen molar-refractivity contribution in [2.75, 3.05) is 13.2 Å². The third-order valence-electron chi connectivity index (χ3n) is 3.90. The molecule has 3 atom stereocenters. The third kappa shape index (κ3) is 6.80. The van der Waals surface area contributed by atoms with Gasteiger partial charge in [-0.3, -0.25) is 4.79 Å². The lowest BCUT2D eigenvalue weighted by molar-refractivity contribution is -0.144. The van der Waals surface area contributed by atoms with Gasteiger partial charge >= 0.3 is 6.18 Å². The third-order valence-corrected chi connectivity index (χ3v) is 3.90. The van der Waals surface area contributed by atoms with Crippen LogP contribution in [0.1, 0.15) is 12.1 Å². The van der Waals surface area contributed by atoms with Gasteiger partial charge in [-0.25, -0.2) is 8.78 Å². The Morgan fingerprint density at radius 3 is 2.45 bits per heavy atom. The quantitative estimate of drug-likeness (QED) is 0.659. The number of nitrogens with one attached hydrogen (secondary N) is 1. The van der Waals surface area contributed by atoms with Gasteiger partial charge in [0.15, 0.2) is 11.6 Å². The minimum atomic E-state index is -4.47. The van der Waals surface area contributed by atoms with Crippen LogP contribution in [-0.2, 0) is 10.9 Å². The molecule has 1 aromatic carbocycles. The number of rotatable bonds is 3. The Balaban J connectivity index is 0.000000234. The molecule has 0 spiro atoms. The summed E-state index contributed by atoms with van der Waals surface area (Å²) in [6.45, 7) is 0.285. The zero-order valence-electron chi connectivity index (χ0n) is 14.8. The maximum absolute atomic E-state index is 12.9. The van der Waals surface area contributed by atoms with Crippen LogP contribution in [0.25, 0.3) is 0 Å². The van der Waals surface area contributed by atoms with Gasteiger partial charge in [0.1, 0.15) is 30.3 Å². The van der Waals surface area contributed by atoms with Gasteiger partial charge in [0.2, 0.25) is 5.56 Å². The number of H-pyrrole nitrogens is 1. The Morgan fingerprint density at radius 1 is 1.14 bits per heavy atom. The van der Waals surface area contributed by atoms with Crippen LogP contribution < -0.4 is 10.3 Å². The Bertz CT molecular complexity index is 857. The predicted molar refractivity (Wildman–Crippen MR) is 90.3 cm³/mol. The molecule has 0 bridgehead atoms. The van der Waals surface area contributed by atoms with Crippen molar-refractivity contribution in [2.45, 2.75) is 30.9 Å². The van der Waals surface area contributed by atoms with E-state index in [2.05, 4.69) is 0 Å². The molecule has 160 valence electrons. The fraction of sp³-hybridized carbons (Fsp3) is 0.389. The van der Waals surface area contributed by atoms with Gasteiger partial charge in [-0.1, -0.05) is 6.07 Å². The molecule has 29 heavy (non-hydrogen) atoms. The van der Waals surface area contributed by atoms with Crippen LogP contribution in [0.4, 0.5) is 22.0 Å². The molecular weight excluding hydrogens is 405 g/mol. The first-order chi connectivity index (χ1) is 13.6. The van der Waals surface area contributed by atoms with Crippen LogP contribution in [0.2, 0.25) is 0 Å². The summed E-state index contributed by atoms with van der Waals surface area (Å²) in [6, 6.07) is 6.04. The van der Waals surface area contributed by atoms with Gasteiger partial charge in [0, 0.05) is 18.7 Å². The Kier molecular flexibility index (Phi) is 7.71. The van der Waals surface area contributed by atoms with E-state index in [0.29, 0.717) is 13.0 Å². The van der Waals surface area contributed by atoms with Gasteiger partial charge < -0.3 is 24.7 Å². The highest BCUT2D eigenvalue weighted by molar-refractivity contribution is 5.23. The summed E-state index contributed by atoms with van der Waals surface area (Å²) in [5.74, 6) is -1.81. The van der Waals surface area contributed by atoms with Crippen molar-refractivity contribution in [1.29, 1.82) is 0 Å². The Morgan fingerprint density at radius 2 is 1.86 bits per heavy atom. The number of halogens is 5. The molecule has 0 aliphatic carbocycles. The minimum absolute atomic E-state index is 0.0384. The standard InChI is InChI=1S/C12H14F2O4.C6H4F3NO/c13-8-2-1-7(5-9(8)14)18-6-11-12(16)10(15)3-4-17-11;7-6(8,9)4-2-1-3-5(11)10-4/h1-2,5,10-12,15-16H,3-4,6H2;1-3H,(H,10,11). The first kappa shape index (κ1) is 22.8. The minimum Gasteiger partial charge on any atom is -0.491 e. The fourth-order valence-corrected chi connectivity index (χ4v) is 2.36. The molecule has 3 rings (SSSR count). The number of benzene rings is 1. The highest BCUT2D eigenvalue weighted by Gasteiger charge is 2.32. The number of alkyl halides is 3. The number of aliphatic hydroxyl groups excluding tert-OH is 2. The van der Waals surface area contributed by atoms with Crippen molar-refractivity contribution < 1.29 is 41.6 Å². The summed E-state index contributed by atoms with van der Waals surface area (Å²) in [5.41, 5.74) is -1.77. The second-order valence-corrected chi connectivity index (χ2v) is 6.07. The van der Waals surface area contributed by atoms with Crippen molar-refractivity contribution in [1.82, 2.24) is 4.98 Å². The molecular formula is C18H18F5NO5. The van der Waals surface area contributed by atoms with Crippen LogP contribution in [-0.4, -0.2) is 46.7 Å². The number of ether oxygens (including phenoxy) is 2. The second-order valence-electron chi connectivity index (χ2n) is 6.07. The number of hydrogen-bond acceptors (Lipinski definition) is 5. The van der Waals surface area contributed by atoms with Gasteiger partial charge in [-0.15, -0.1) is 0 Å². The topological polar surface area (TPSA) is 91.8 Å². The summed E-state index contributed by atoms with van der Waals surface area (Å²) in [6.07, 6.45) is -6.67. The van der Waals surface area contributed by atoms with Crippen LogP contribution in [0.15, 0.2) is 41.2 Å². The molecule has 2 heterocycles. The van der Waals surface area contributed by atoms with E-state index in [1.165, 1.54) is 6.07 Å². The number of pyridine rings is 1. The zero-order valence-corrected chi connectivity index (χ0v) is 14.8. The summed E-state index contributed by atoms with van der Waals surface area (Å²) in [5, 5.41) is 19.1. The van der Waals surface area contributed by atoms with Crippen molar-refractivity contribution in [2.24, 2.45) is 0 Å². The maximum atomic E-state index is 12.9. The van der Waals surface area contributed by atoms with E-state index in [1.807, 2.05) is 0 Å². The predicted octanol–water partition coefficient (Wildman–Crippen LogP) is 2.25. The van der Waals surface area contributed by atoms with E-state index >= 15 is 0 Å². The number of aromatic nitrogens is 1. The smallest absolute Gasteiger partial charge is 0.431 e. The van der Waals surface area contributed by atoms with Gasteiger partial charge in [-0.2, -0.15) is 13.2 Å². The lowest BCUT2D eigenvalue weighted by atomic mass is 10.0. The van der Waals surface area contributed by atoms with Crippen molar-refractivity contribution in [3.8, 4) is 5.75 Å². The maximum Gasteiger partial charge on any atom is 0.431 e. The van der Waals surface area contributed by atoms with Crippen LogP contribution in [0.5, 0.6) is 5.75 Å². The summed E-state index contributed by atoms with van der Waals surface area (Å²) >= 11 is 0. The highest BCUT2D eigenvalue weighted by atomic mass is 19.4.